The summed E-state index contributed by atoms with van der Waals surface area (Å²) in [6.45, 7) is 4.77. The Hall–Kier alpha value is -1.43. The Labute approximate surface area is 101 Å². The van der Waals surface area contributed by atoms with Crippen LogP contribution in [0.2, 0.25) is 0 Å². The molecule has 6 heteroatoms. The van der Waals surface area contributed by atoms with E-state index in [0.29, 0.717) is 18.7 Å². The molecule has 1 heterocycles. The number of aliphatic hydroxyl groups is 1. The van der Waals surface area contributed by atoms with E-state index in [2.05, 4.69) is 22.6 Å². The Kier molecular flexibility index (Phi) is 5.62. The maximum atomic E-state index is 11.5. The SMILES string of the molecule is CCCCNC(=O)Cn1cc(C(O)CC)nn1. The highest BCUT2D eigenvalue weighted by atomic mass is 16.3. The van der Waals surface area contributed by atoms with Gasteiger partial charge in [-0.2, -0.15) is 0 Å². The number of aromatic nitrogens is 3. The third-order valence-electron chi connectivity index (χ3n) is 2.44. The second-order valence-electron chi connectivity index (χ2n) is 3.97. The van der Waals surface area contributed by atoms with Crippen molar-refractivity contribution >= 4 is 5.91 Å². The van der Waals surface area contributed by atoms with Crippen LogP contribution >= 0.6 is 0 Å². The Balaban J connectivity index is 2.40. The highest BCUT2D eigenvalue weighted by Crippen LogP contribution is 2.11. The van der Waals surface area contributed by atoms with E-state index >= 15 is 0 Å². The number of carbonyl (C=O) groups excluding carboxylic acids is 1. The molecule has 0 aliphatic carbocycles. The van der Waals surface area contributed by atoms with Crippen molar-refractivity contribution in [1.82, 2.24) is 20.3 Å². The number of rotatable bonds is 7. The van der Waals surface area contributed by atoms with Crippen molar-refractivity contribution in [3.63, 3.8) is 0 Å². The first kappa shape index (κ1) is 13.6. The Morgan fingerprint density at radius 3 is 3.00 bits per heavy atom. The topological polar surface area (TPSA) is 80.0 Å². The summed E-state index contributed by atoms with van der Waals surface area (Å²) in [5.74, 6) is -0.0825. The predicted octanol–water partition coefficient (Wildman–Crippen LogP) is 0.638. The maximum absolute atomic E-state index is 11.5. The van der Waals surface area contributed by atoms with Crippen LogP contribution in [0.1, 0.15) is 44.9 Å². The first-order valence-electron chi connectivity index (χ1n) is 6.02. The molecule has 1 aromatic heterocycles. The number of nitrogens with zero attached hydrogens (tertiary/aromatic N) is 3. The maximum Gasteiger partial charge on any atom is 0.241 e. The van der Waals surface area contributed by atoms with Crippen molar-refractivity contribution in [2.75, 3.05) is 6.54 Å². The second kappa shape index (κ2) is 7.01. The summed E-state index contributed by atoms with van der Waals surface area (Å²) in [7, 11) is 0. The first-order chi connectivity index (χ1) is 8.17. The monoisotopic (exact) mass is 240 g/mol. The van der Waals surface area contributed by atoms with E-state index in [-0.39, 0.29) is 12.5 Å². The van der Waals surface area contributed by atoms with Gasteiger partial charge in [-0.25, -0.2) is 4.68 Å². The average Bonchev–Trinajstić information content (AvgIpc) is 2.77. The predicted molar refractivity (Wildman–Crippen MR) is 63.2 cm³/mol. The van der Waals surface area contributed by atoms with Crippen LogP contribution in [0, 0.1) is 0 Å². The van der Waals surface area contributed by atoms with Gasteiger partial charge in [0.1, 0.15) is 12.2 Å². The van der Waals surface area contributed by atoms with Gasteiger partial charge in [-0.15, -0.1) is 5.10 Å². The highest BCUT2D eigenvalue weighted by Gasteiger charge is 2.11. The largest absolute Gasteiger partial charge is 0.387 e. The molecule has 0 fully saturated rings. The van der Waals surface area contributed by atoms with Crippen LogP contribution in [0.5, 0.6) is 0 Å². The lowest BCUT2D eigenvalue weighted by atomic mass is 10.2. The molecule has 0 radical (unpaired) electrons. The molecule has 0 saturated carbocycles. The Morgan fingerprint density at radius 1 is 1.59 bits per heavy atom. The van der Waals surface area contributed by atoms with Crippen molar-refractivity contribution < 1.29 is 9.90 Å². The van der Waals surface area contributed by atoms with Crippen molar-refractivity contribution in [1.29, 1.82) is 0 Å². The normalized spacial score (nSPS) is 12.4. The van der Waals surface area contributed by atoms with Crippen LogP contribution in [-0.2, 0) is 11.3 Å². The van der Waals surface area contributed by atoms with E-state index < -0.39 is 6.10 Å². The second-order valence-corrected chi connectivity index (χ2v) is 3.97. The number of unbranched alkanes of at least 4 members (excludes halogenated alkanes) is 1. The molecule has 1 unspecified atom stereocenters. The summed E-state index contributed by atoms with van der Waals surface area (Å²) in [6.07, 6.45) is 3.61. The number of hydrogen-bond acceptors (Lipinski definition) is 4. The van der Waals surface area contributed by atoms with Gasteiger partial charge in [-0.05, 0) is 12.8 Å². The van der Waals surface area contributed by atoms with Gasteiger partial charge in [0.05, 0.1) is 12.3 Å². The Bertz CT molecular complexity index is 351. The van der Waals surface area contributed by atoms with E-state index in [1.165, 1.54) is 4.68 Å². The number of aliphatic hydroxyl groups excluding tert-OH is 1. The van der Waals surface area contributed by atoms with E-state index in [4.69, 9.17) is 0 Å². The molecule has 0 bridgehead atoms. The van der Waals surface area contributed by atoms with Gasteiger partial charge in [-0.1, -0.05) is 25.5 Å². The van der Waals surface area contributed by atoms with Crippen LogP contribution in [0.4, 0.5) is 0 Å². The minimum Gasteiger partial charge on any atom is -0.387 e. The van der Waals surface area contributed by atoms with Gasteiger partial charge in [0.25, 0.3) is 0 Å². The van der Waals surface area contributed by atoms with E-state index in [9.17, 15) is 9.90 Å². The zero-order valence-electron chi connectivity index (χ0n) is 10.4. The molecule has 6 nitrogen and oxygen atoms in total. The van der Waals surface area contributed by atoms with Gasteiger partial charge in [0.2, 0.25) is 5.91 Å². The minimum absolute atomic E-state index is 0.0825. The molecule has 1 aromatic rings. The smallest absolute Gasteiger partial charge is 0.241 e. The van der Waals surface area contributed by atoms with Crippen molar-refractivity contribution in [3.8, 4) is 0 Å². The van der Waals surface area contributed by atoms with Gasteiger partial charge in [-0.3, -0.25) is 4.79 Å². The first-order valence-corrected chi connectivity index (χ1v) is 6.02. The van der Waals surface area contributed by atoms with Gasteiger partial charge in [0.15, 0.2) is 0 Å². The average molecular weight is 240 g/mol. The van der Waals surface area contributed by atoms with Crippen LogP contribution in [0.3, 0.4) is 0 Å². The van der Waals surface area contributed by atoms with E-state index in [1.807, 2.05) is 6.92 Å². The number of nitrogens with one attached hydrogen (secondary N) is 1. The Morgan fingerprint density at radius 2 is 2.35 bits per heavy atom. The molecular formula is C11H20N4O2. The zero-order chi connectivity index (χ0) is 12.7. The lowest BCUT2D eigenvalue weighted by Crippen LogP contribution is -2.28. The fourth-order valence-corrected chi connectivity index (χ4v) is 1.36. The molecule has 0 aliphatic rings. The summed E-state index contributed by atoms with van der Waals surface area (Å²) >= 11 is 0. The van der Waals surface area contributed by atoms with Crippen LogP contribution < -0.4 is 5.32 Å². The molecule has 1 amide bonds. The molecule has 96 valence electrons. The van der Waals surface area contributed by atoms with Crippen LogP contribution in [0.25, 0.3) is 0 Å². The van der Waals surface area contributed by atoms with Gasteiger partial charge in [0, 0.05) is 6.54 Å². The zero-order valence-corrected chi connectivity index (χ0v) is 10.4. The van der Waals surface area contributed by atoms with Crippen LogP contribution in [0.15, 0.2) is 6.20 Å². The van der Waals surface area contributed by atoms with Crippen molar-refractivity contribution in [2.24, 2.45) is 0 Å². The molecule has 1 atom stereocenters. The molecule has 2 N–H and O–H groups in total. The van der Waals surface area contributed by atoms with E-state index in [0.717, 1.165) is 12.8 Å². The minimum atomic E-state index is -0.605. The fourth-order valence-electron chi connectivity index (χ4n) is 1.36. The summed E-state index contributed by atoms with van der Waals surface area (Å²) < 4.78 is 1.44. The highest BCUT2D eigenvalue weighted by molar-refractivity contribution is 5.75. The molecule has 0 spiro atoms. The molecule has 0 saturated heterocycles. The quantitative estimate of drug-likeness (QED) is 0.685. The fraction of sp³-hybridized carbons (Fsp3) is 0.727. The number of amides is 1. The lowest BCUT2D eigenvalue weighted by Gasteiger charge is -2.03. The van der Waals surface area contributed by atoms with E-state index in [1.54, 1.807) is 6.20 Å². The lowest BCUT2D eigenvalue weighted by molar-refractivity contribution is -0.121. The summed E-state index contributed by atoms with van der Waals surface area (Å²) in [6, 6.07) is 0. The van der Waals surface area contributed by atoms with Crippen LogP contribution in [-0.4, -0.2) is 32.6 Å². The van der Waals surface area contributed by atoms with Crippen molar-refractivity contribution in [2.45, 2.75) is 45.8 Å². The summed E-state index contributed by atoms with van der Waals surface area (Å²) in [5.41, 5.74) is 0.508. The summed E-state index contributed by atoms with van der Waals surface area (Å²) in [4.78, 5) is 11.5. The number of hydrogen-bond donors (Lipinski definition) is 2. The summed E-state index contributed by atoms with van der Waals surface area (Å²) in [5, 5.41) is 19.9. The standard InChI is InChI=1S/C11H20N4O2/c1-3-5-6-12-11(17)8-15-7-9(13-14-15)10(16)4-2/h7,10,16H,3-6,8H2,1-2H3,(H,12,17). The molecular weight excluding hydrogens is 220 g/mol. The third-order valence-corrected chi connectivity index (χ3v) is 2.44. The van der Waals surface area contributed by atoms with Gasteiger partial charge < -0.3 is 10.4 Å². The molecule has 0 aromatic carbocycles. The third kappa shape index (κ3) is 4.52. The van der Waals surface area contributed by atoms with Gasteiger partial charge >= 0.3 is 0 Å². The number of carbonyl (C=O) groups is 1. The molecule has 0 aliphatic heterocycles. The van der Waals surface area contributed by atoms with Crippen molar-refractivity contribution in [3.05, 3.63) is 11.9 Å². The molecule has 17 heavy (non-hydrogen) atoms. The molecule has 1 rings (SSSR count).